The van der Waals surface area contributed by atoms with Gasteiger partial charge in [-0.05, 0) is 61.9 Å². The molecular formula is C28H34N4O2. The molecule has 2 aliphatic rings. The number of fused-ring (bicyclic) bond motifs is 1. The van der Waals surface area contributed by atoms with Crippen LogP contribution in [0.2, 0.25) is 0 Å². The minimum absolute atomic E-state index is 0.00625. The van der Waals surface area contributed by atoms with Crippen molar-refractivity contribution < 1.29 is 9.59 Å². The lowest BCUT2D eigenvalue weighted by atomic mass is 9.86. The fourth-order valence-corrected chi connectivity index (χ4v) is 5.40. The smallest absolute Gasteiger partial charge is 0.251 e. The van der Waals surface area contributed by atoms with Gasteiger partial charge >= 0.3 is 0 Å². The average Bonchev–Trinajstić information content (AvgIpc) is 3.29. The van der Waals surface area contributed by atoms with Crippen molar-refractivity contribution in [2.24, 2.45) is 11.8 Å². The van der Waals surface area contributed by atoms with Crippen molar-refractivity contribution in [1.29, 1.82) is 0 Å². The van der Waals surface area contributed by atoms with Gasteiger partial charge in [0, 0.05) is 28.8 Å². The van der Waals surface area contributed by atoms with Crippen LogP contribution in [0.25, 0.3) is 22.4 Å². The van der Waals surface area contributed by atoms with Gasteiger partial charge in [0.15, 0.2) is 0 Å². The number of hydrogen-bond acceptors (Lipinski definition) is 3. The Kier molecular flexibility index (Phi) is 6.66. The highest BCUT2D eigenvalue weighted by molar-refractivity contribution is 5.96. The molecule has 3 N–H and O–H groups in total. The van der Waals surface area contributed by atoms with Crippen molar-refractivity contribution in [3.63, 3.8) is 0 Å². The average molecular weight is 459 g/mol. The molecule has 3 aromatic rings. The van der Waals surface area contributed by atoms with Crippen LogP contribution in [0.3, 0.4) is 0 Å². The first-order valence-electron chi connectivity index (χ1n) is 12.8. The number of rotatable bonds is 5. The summed E-state index contributed by atoms with van der Waals surface area (Å²) in [7, 11) is 0. The summed E-state index contributed by atoms with van der Waals surface area (Å²) in [5.41, 5.74) is 4.11. The standard InChI is InChI=1S/C28H34N4O2/c1-18-7-5-6-10-23(18)32-28(34)21-13-11-19(12-14-21)26-30-24-16-15-22(17-25(24)31-26)29-27(33)20-8-3-2-4-9-20/h11-18,20,23H,2-10H2,1H3,(H,29,33)(H,30,31)(H,32,34). The van der Waals surface area contributed by atoms with Crippen molar-refractivity contribution in [2.75, 3.05) is 5.32 Å². The summed E-state index contributed by atoms with van der Waals surface area (Å²) in [5, 5.41) is 6.29. The maximum atomic E-state index is 12.7. The summed E-state index contributed by atoms with van der Waals surface area (Å²) in [6, 6.07) is 13.6. The first-order valence-corrected chi connectivity index (χ1v) is 12.8. The molecule has 2 amide bonds. The molecule has 2 aliphatic carbocycles. The third-order valence-electron chi connectivity index (χ3n) is 7.57. The third-order valence-corrected chi connectivity index (χ3v) is 7.57. The molecule has 1 aromatic heterocycles. The van der Waals surface area contributed by atoms with Crippen LogP contribution in [-0.2, 0) is 4.79 Å². The van der Waals surface area contributed by atoms with Crippen LogP contribution in [0.1, 0.15) is 75.1 Å². The van der Waals surface area contributed by atoms with E-state index in [1.165, 1.54) is 25.7 Å². The number of aromatic amines is 1. The molecule has 2 atom stereocenters. The van der Waals surface area contributed by atoms with E-state index in [1.807, 2.05) is 42.5 Å². The molecule has 0 saturated heterocycles. The van der Waals surface area contributed by atoms with E-state index in [-0.39, 0.29) is 23.8 Å². The molecule has 0 spiro atoms. The van der Waals surface area contributed by atoms with Crippen molar-refractivity contribution in [3.8, 4) is 11.4 Å². The molecule has 34 heavy (non-hydrogen) atoms. The van der Waals surface area contributed by atoms with E-state index in [0.29, 0.717) is 11.5 Å². The summed E-state index contributed by atoms with van der Waals surface area (Å²) in [6.07, 6.45) is 10.2. The van der Waals surface area contributed by atoms with Gasteiger partial charge in [-0.3, -0.25) is 9.59 Å². The van der Waals surface area contributed by atoms with Crippen LogP contribution >= 0.6 is 0 Å². The molecule has 0 bridgehead atoms. The van der Waals surface area contributed by atoms with Crippen molar-refractivity contribution in [1.82, 2.24) is 15.3 Å². The molecule has 1 heterocycles. The van der Waals surface area contributed by atoms with Gasteiger partial charge in [-0.15, -0.1) is 0 Å². The Morgan fingerprint density at radius 1 is 0.912 bits per heavy atom. The van der Waals surface area contributed by atoms with E-state index in [2.05, 4.69) is 22.5 Å². The number of hydrogen-bond donors (Lipinski definition) is 3. The Bertz CT molecular complexity index is 1160. The van der Waals surface area contributed by atoms with E-state index in [0.717, 1.165) is 60.2 Å². The highest BCUT2D eigenvalue weighted by Crippen LogP contribution is 2.27. The Morgan fingerprint density at radius 2 is 1.65 bits per heavy atom. The lowest BCUT2D eigenvalue weighted by Crippen LogP contribution is -2.41. The van der Waals surface area contributed by atoms with E-state index in [9.17, 15) is 9.59 Å². The molecule has 178 valence electrons. The van der Waals surface area contributed by atoms with Gasteiger partial charge in [0.2, 0.25) is 5.91 Å². The van der Waals surface area contributed by atoms with Crippen molar-refractivity contribution in [2.45, 2.75) is 70.8 Å². The summed E-state index contributed by atoms with van der Waals surface area (Å²) in [4.78, 5) is 33.4. The fraction of sp³-hybridized carbons (Fsp3) is 0.464. The number of nitrogens with zero attached hydrogens (tertiary/aromatic N) is 1. The van der Waals surface area contributed by atoms with Crippen LogP contribution in [0.15, 0.2) is 42.5 Å². The first kappa shape index (κ1) is 22.6. The van der Waals surface area contributed by atoms with Gasteiger partial charge in [-0.1, -0.05) is 51.2 Å². The summed E-state index contributed by atoms with van der Waals surface area (Å²) >= 11 is 0. The van der Waals surface area contributed by atoms with Crippen LogP contribution < -0.4 is 10.6 Å². The second kappa shape index (κ2) is 10.00. The highest BCUT2D eigenvalue weighted by Gasteiger charge is 2.23. The Morgan fingerprint density at radius 3 is 2.41 bits per heavy atom. The van der Waals surface area contributed by atoms with E-state index < -0.39 is 0 Å². The number of imidazole rings is 1. The van der Waals surface area contributed by atoms with Crippen molar-refractivity contribution >= 4 is 28.5 Å². The highest BCUT2D eigenvalue weighted by atomic mass is 16.2. The number of carbonyl (C=O) groups excluding carboxylic acids is 2. The molecule has 2 fully saturated rings. The molecular weight excluding hydrogens is 424 g/mol. The van der Waals surface area contributed by atoms with Gasteiger partial charge in [0.05, 0.1) is 11.0 Å². The Labute approximate surface area is 200 Å². The number of anilines is 1. The predicted molar refractivity (Wildman–Crippen MR) is 136 cm³/mol. The maximum Gasteiger partial charge on any atom is 0.251 e. The minimum atomic E-state index is -0.00625. The zero-order valence-electron chi connectivity index (χ0n) is 19.9. The maximum absolute atomic E-state index is 12.7. The lowest BCUT2D eigenvalue weighted by molar-refractivity contribution is -0.120. The largest absolute Gasteiger partial charge is 0.349 e. The van der Waals surface area contributed by atoms with Crippen LogP contribution in [0, 0.1) is 11.8 Å². The third kappa shape index (κ3) is 5.01. The summed E-state index contributed by atoms with van der Waals surface area (Å²) in [6.45, 7) is 2.22. The van der Waals surface area contributed by atoms with E-state index in [1.54, 1.807) is 0 Å². The second-order valence-corrected chi connectivity index (χ2v) is 10.1. The first-order chi connectivity index (χ1) is 16.6. The number of H-pyrrole nitrogens is 1. The minimum Gasteiger partial charge on any atom is -0.349 e. The van der Waals surface area contributed by atoms with E-state index in [4.69, 9.17) is 4.98 Å². The van der Waals surface area contributed by atoms with Crippen molar-refractivity contribution in [3.05, 3.63) is 48.0 Å². The molecule has 2 unspecified atom stereocenters. The fourth-order valence-electron chi connectivity index (χ4n) is 5.40. The SMILES string of the molecule is CC1CCCCC1NC(=O)c1ccc(-c2nc3ccc(NC(=O)C4CCCCC4)cc3[nH]2)cc1. The van der Waals surface area contributed by atoms with Crippen LogP contribution in [-0.4, -0.2) is 27.8 Å². The Hall–Kier alpha value is -3.15. The number of aromatic nitrogens is 2. The zero-order chi connectivity index (χ0) is 23.5. The molecule has 2 aromatic carbocycles. The monoisotopic (exact) mass is 458 g/mol. The topological polar surface area (TPSA) is 86.9 Å². The van der Waals surface area contributed by atoms with Gasteiger partial charge in [-0.25, -0.2) is 4.98 Å². The zero-order valence-corrected chi connectivity index (χ0v) is 19.9. The predicted octanol–water partition coefficient (Wildman–Crippen LogP) is 6.06. The number of benzene rings is 2. The number of nitrogens with one attached hydrogen (secondary N) is 3. The number of carbonyl (C=O) groups is 2. The summed E-state index contributed by atoms with van der Waals surface area (Å²) in [5.74, 6) is 1.52. The number of amides is 2. The second-order valence-electron chi connectivity index (χ2n) is 10.1. The summed E-state index contributed by atoms with van der Waals surface area (Å²) < 4.78 is 0. The molecule has 0 radical (unpaired) electrons. The van der Waals surface area contributed by atoms with Crippen LogP contribution in [0.4, 0.5) is 5.69 Å². The molecule has 5 rings (SSSR count). The quantitative estimate of drug-likeness (QED) is 0.434. The lowest BCUT2D eigenvalue weighted by Gasteiger charge is -2.29. The normalized spacial score (nSPS) is 21.3. The van der Waals surface area contributed by atoms with Gasteiger partial charge in [-0.2, -0.15) is 0 Å². The molecule has 0 aliphatic heterocycles. The van der Waals surface area contributed by atoms with E-state index >= 15 is 0 Å². The Balaban J connectivity index is 1.26. The van der Waals surface area contributed by atoms with Gasteiger partial charge in [0.1, 0.15) is 5.82 Å². The molecule has 6 nitrogen and oxygen atoms in total. The van der Waals surface area contributed by atoms with Gasteiger partial charge in [0.25, 0.3) is 5.91 Å². The molecule has 2 saturated carbocycles. The van der Waals surface area contributed by atoms with Crippen LogP contribution in [0.5, 0.6) is 0 Å². The van der Waals surface area contributed by atoms with Gasteiger partial charge < -0.3 is 15.6 Å². The molecule has 6 heteroatoms.